The molecule has 1 aromatic heterocycles. The minimum absolute atomic E-state index is 0.0295. The predicted octanol–water partition coefficient (Wildman–Crippen LogP) is 1.87. The van der Waals surface area contributed by atoms with E-state index in [4.69, 9.17) is 4.42 Å². The molecule has 4 heteroatoms. The first-order chi connectivity index (χ1) is 9.29. The van der Waals surface area contributed by atoms with Crippen molar-refractivity contribution in [3.63, 3.8) is 0 Å². The van der Waals surface area contributed by atoms with Gasteiger partial charge in [-0.05, 0) is 43.1 Å². The van der Waals surface area contributed by atoms with Crippen molar-refractivity contribution in [3.05, 3.63) is 36.1 Å². The first-order valence-corrected chi connectivity index (χ1v) is 6.80. The summed E-state index contributed by atoms with van der Waals surface area (Å²) < 4.78 is 5.29. The van der Waals surface area contributed by atoms with E-state index in [0.717, 1.165) is 24.1 Å². The molecule has 4 rings (SSSR count). The molecule has 0 spiro atoms. The predicted molar refractivity (Wildman–Crippen MR) is 72.0 cm³/mol. The molecule has 2 aliphatic rings. The van der Waals surface area contributed by atoms with E-state index in [1.807, 2.05) is 24.3 Å². The molecule has 0 saturated carbocycles. The molecule has 19 heavy (non-hydrogen) atoms. The zero-order valence-corrected chi connectivity index (χ0v) is 10.6. The Bertz CT molecular complexity index is 634. The van der Waals surface area contributed by atoms with Crippen LogP contribution in [0.4, 0.5) is 0 Å². The molecule has 1 aromatic carbocycles. The molecule has 0 radical (unpaired) electrons. The fourth-order valence-corrected chi connectivity index (χ4v) is 3.31. The molecule has 98 valence electrons. The molecule has 2 aromatic rings. The smallest absolute Gasteiger partial charge is 0.251 e. The van der Waals surface area contributed by atoms with Gasteiger partial charge in [0, 0.05) is 30.1 Å². The quantitative estimate of drug-likeness (QED) is 0.892. The summed E-state index contributed by atoms with van der Waals surface area (Å²) in [5.41, 5.74) is 1.54. The normalized spacial score (nSPS) is 28.9. The van der Waals surface area contributed by atoms with Crippen molar-refractivity contribution in [1.82, 2.24) is 10.2 Å². The second-order valence-corrected chi connectivity index (χ2v) is 5.56. The summed E-state index contributed by atoms with van der Waals surface area (Å²) in [6, 6.07) is 7.78. The number of nitrogens with one attached hydrogen (secondary N) is 1. The number of piperidine rings is 1. The molecule has 1 unspecified atom stereocenters. The Morgan fingerprint density at radius 1 is 1.32 bits per heavy atom. The molecule has 2 saturated heterocycles. The average molecular weight is 256 g/mol. The van der Waals surface area contributed by atoms with Crippen molar-refractivity contribution in [2.24, 2.45) is 5.92 Å². The summed E-state index contributed by atoms with van der Waals surface area (Å²) in [6.45, 7) is 3.34. The zero-order chi connectivity index (χ0) is 12.8. The van der Waals surface area contributed by atoms with Crippen molar-refractivity contribution in [2.75, 3.05) is 19.6 Å². The molecule has 4 nitrogen and oxygen atoms in total. The molecule has 2 fully saturated rings. The van der Waals surface area contributed by atoms with Gasteiger partial charge in [0.05, 0.1) is 6.26 Å². The largest absolute Gasteiger partial charge is 0.464 e. The number of carbonyl (C=O) groups excluding carboxylic acids is 1. The number of fused-ring (bicyclic) bond motifs is 3. The summed E-state index contributed by atoms with van der Waals surface area (Å²) in [7, 11) is 0. The van der Waals surface area contributed by atoms with Crippen molar-refractivity contribution in [1.29, 1.82) is 0 Å². The molecule has 1 amide bonds. The Hall–Kier alpha value is -1.81. The maximum atomic E-state index is 12.3. The second-order valence-electron chi connectivity index (χ2n) is 5.56. The summed E-state index contributed by atoms with van der Waals surface area (Å²) in [6.07, 6.45) is 2.86. The molecule has 2 bridgehead atoms. The zero-order valence-electron chi connectivity index (χ0n) is 10.6. The lowest BCUT2D eigenvalue weighted by Crippen LogP contribution is -2.43. The minimum Gasteiger partial charge on any atom is -0.464 e. The molecule has 2 aliphatic heterocycles. The number of hydrogen-bond acceptors (Lipinski definition) is 3. The highest BCUT2D eigenvalue weighted by Gasteiger charge is 2.38. The van der Waals surface area contributed by atoms with E-state index in [1.165, 1.54) is 13.0 Å². The SMILES string of the molecule is O=C(N[C@H]1CN2CC[C@@H]1C2)c1ccc2occc2c1. The van der Waals surface area contributed by atoms with Crippen LogP contribution in [0.2, 0.25) is 0 Å². The Balaban J connectivity index is 1.53. The number of benzene rings is 1. The van der Waals surface area contributed by atoms with E-state index in [-0.39, 0.29) is 5.91 Å². The standard InChI is InChI=1S/C15H16N2O2/c18-15(16-13-9-17-5-3-12(13)8-17)11-1-2-14-10(7-11)4-6-19-14/h1-2,4,6-7,12-13H,3,5,8-9H2,(H,16,18)/t12-,13+/m1/s1. The third kappa shape index (κ3) is 1.83. The van der Waals surface area contributed by atoms with Crippen molar-refractivity contribution in [3.8, 4) is 0 Å². The summed E-state index contributed by atoms with van der Waals surface area (Å²) in [5, 5.41) is 4.15. The number of nitrogens with zero attached hydrogens (tertiary/aromatic N) is 1. The van der Waals surface area contributed by atoms with Crippen LogP contribution in [0.3, 0.4) is 0 Å². The van der Waals surface area contributed by atoms with Crippen molar-refractivity contribution in [2.45, 2.75) is 12.5 Å². The second kappa shape index (κ2) is 4.10. The van der Waals surface area contributed by atoms with Gasteiger partial charge in [-0.15, -0.1) is 0 Å². The number of amides is 1. The molecule has 3 heterocycles. The lowest BCUT2D eigenvalue weighted by atomic mass is 9.99. The van der Waals surface area contributed by atoms with Gasteiger partial charge in [0.25, 0.3) is 5.91 Å². The van der Waals surface area contributed by atoms with Crippen molar-refractivity contribution < 1.29 is 9.21 Å². The van der Waals surface area contributed by atoms with Gasteiger partial charge in [-0.25, -0.2) is 0 Å². The van der Waals surface area contributed by atoms with Gasteiger partial charge < -0.3 is 14.6 Å². The molecule has 0 aliphatic carbocycles. The van der Waals surface area contributed by atoms with Crippen LogP contribution in [0.5, 0.6) is 0 Å². The Kier molecular flexibility index (Phi) is 2.38. The number of rotatable bonds is 2. The summed E-state index contributed by atoms with van der Waals surface area (Å²) in [4.78, 5) is 14.7. The fourth-order valence-electron chi connectivity index (χ4n) is 3.31. The highest BCUT2D eigenvalue weighted by Crippen LogP contribution is 2.28. The molecule has 3 atom stereocenters. The monoisotopic (exact) mass is 256 g/mol. The van der Waals surface area contributed by atoms with Gasteiger partial charge in [0.2, 0.25) is 0 Å². The lowest BCUT2D eigenvalue weighted by molar-refractivity contribution is 0.0924. The van der Waals surface area contributed by atoms with Crippen LogP contribution >= 0.6 is 0 Å². The van der Waals surface area contributed by atoms with Crippen LogP contribution in [0, 0.1) is 5.92 Å². The Morgan fingerprint density at radius 3 is 3.05 bits per heavy atom. The van der Waals surface area contributed by atoms with E-state index in [2.05, 4.69) is 10.2 Å². The summed E-state index contributed by atoms with van der Waals surface area (Å²) in [5.74, 6) is 0.670. The van der Waals surface area contributed by atoms with E-state index in [0.29, 0.717) is 17.5 Å². The van der Waals surface area contributed by atoms with Crippen LogP contribution in [0.25, 0.3) is 11.0 Å². The van der Waals surface area contributed by atoms with Gasteiger partial charge in [-0.3, -0.25) is 4.79 Å². The third-order valence-electron chi connectivity index (χ3n) is 4.36. The van der Waals surface area contributed by atoms with Gasteiger partial charge in [0.15, 0.2) is 0 Å². The highest BCUT2D eigenvalue weighted by molar-refractivity contribution is 5.97. The lowest BCUT2D eigenvalue weighted by Gasteiger charge is -2.23. The van der Waals surface area contributed by atoms with Crippen LogP contribution in [-0.4, -0.2) is 36.5 Å². The van der Waals surface area contributed by atoms with Gasteiger partial charge in [-0.2, -0.15) is 0 Å². The number of hydrogen-bond donors (Lipinski definition) is 1. The Morgan fingerprint density at radius 2 is 2.26 bits per heavy atom. The van der Waals surface area contributed by atoms with Crippen LogP contribution in [-0.2, 0) is 0 Å². The number of furan rings is 1. The average Bonchev–Trinajstić information content (AvgIpc) is 3.13. The van der Waals surface area contributed by atoms with E-state index in [9.17, 15) is 4.79 Å². The molecular formula is C15H16N2O2. The van der Waals surface area contributed by atoms with Gasteiger partial charge in [0.1, 0.15) is 5.58 Å². The van der Waals surface area contributed by atoms with E-state index >= 15 is 0 Å². The van der Waals surface area contributed by atoms with Gasteiger partial charge >= 0.3 is 0 Å². The maximum Gasteiger partial charge on any atom is 0.251 e. The molecular weight excluding hydrogens is 240 g/mol. The first-order valence-electron chi connectivity index (χ1n) is 6.80. The first kappa shape index (κ1) is 11.1. The fraction of sp³-hybridized carbons (Fsp3) is 0.400. The van der Waals surface area contributed by atoms with Crippen LogP contribution < -0.4 is 5.32 Å². The number of carbonyl (C=O) groups is 1. The topological polar surface area (TPSA) is 45.5 Å². The maximum absolute atomic E-state index is 12.3. The summed E-state index contributed by atoms with van der Waals surface area (Å²) >= 11 is 0. The van der Waals surface area contributed by atoms with Crippen molar-refractivity contribution >= 4 is 16.9 Å². The van der Waals surface area contributed by atoms with E-state index in [1.54, 1.807) is 6.26 Å². The minimum atomic E-state index is 0.0295. The third-order valence-corrected chi connectivity index (χ3v) is 4.36. The Labute approximate surface area is 111 Å². The van der Waals surface area contributed by atoms with Gasteiger partial charge in [-0.1, -0.05) is 0 Å². The molecule has 1 N–H and O–H groups in total. The van der Waals surface area contributed by atoms with Crippen LogP contribution in [0.1, 0.15) is 16.8 Å². The van der Waals surface area contributed by atoms with E-state index < -0.39 is 0 Å². The highest BCUT2D eigenvalue weighted by atomic mass is 16.3. The van der Waals surface area contributed by atoms with Crippen LogP contribution in [0.15, 0.2) is 34.9 Å².